The van der Waals surface area contributed by atoms with Crippen LogP contribution in [-0.4, -0.2) is 9.13 Å². The third-order valence-corrected chi connectivity index (χ3v) is 5.24. The van der Waals surface area contributed by atoms with E-state index in [1.165, 1.54) is 22.5 Å². The van der Waals surface area contributed by atoms with Crippen molar-refractivity contribution in [3.05, 3.63) is 133 Å². The lowest BCUT2D eigenvalue weighted by Crippen LogP contribution is -2.32. The molecule has 0 amide bonds. The van der Waals surface area contributed by atoms with Gasteiger partial charge in [0.05, 0.1) is 0 Å². The summed E-state index contributed by atoms with van der Waals surface area (Å²) in [7, 11) is 0. The topological polar surface area (TPSA) is 17.6 Å². The van der Waals surface area contributed by atoms with Gasteiger partial charge in [0.25, 0.3) is 0 Å². The Balaban J connectivity index is 1.24. The molecule has 0 saturated heterocycles. The fourth-order valence-electron chi connectivity index (χ4n) is 3.65. The predicted octanol–water partition coefficient (Wildman–Crippen LogP) is 3.94. The monoisotopic (exact) mass is 392 g/mol. The van der Waals surface area contributed by atoms with E-state index in [4.69, 9.17) is 0 Å². The van der Waals surface area contributed by atoms with E-state index >= 15 is 0 Å². The minimum atomic E-state index is 0.859. The van der Waals surface area contributed by atoms with Gasteiger partial charge in [0, 0.05) is 0 Å². The maximum atomic E-state index is 2.22. The van der Waals surface area contributed by atoms with Crippen LogP contribution in [0.1, 0.15) is 11.1 Å². The van der Waals surface area contributed by atoms with Crippen molar-refractivity contribution in [1.82, 2.24) is 9.13 Å². The molecule has 4 nitrogen and oxygen atoms in total. The van der Waals surface area contributed by atoms with Crippen molar-refractivity contribution in [3.8, 4) is 11.4 Å². The number of benzene rings is 3. The van der Waals surface area contributed by atoms with E-state index in [1.54, 1.807) is 0 Å². The van der Waals surface area contributed by atoms with Crippen molar-refractivity contribution in [2.75, 3.05) is 0 Å². The number of nitrogens with zero attached hydrogens (tertiary/aromatic N) is 4. The summed E-state index contributed by atoms with van der Waals surface area (Å²) in [6.07, 6.45) is 12.7. The van der Waals surface area contributed by atoms with Gasteiger partial charge < -0.3 is 0 Å². The van der Waals surface area contributed by atoms with Crippen LogP contribution in [0, 0.1) is 0 Å². The zero-order valence-electron chi connectivity index (χ0n) is 16.8. The Morgan fingerprint density at radius 3 is 1.30 bits per heavy atom. The van der Waals surface area contributed by atoms with Gasteiger partial charge in [0.1, 0.15) is 49.3 Å². The first-order valence-corrected chi connectivity index (χ1v) is 10.2. The van der Waals surface area contributed by atoms with Crippen molar-refractivity contribution in [3.63, 3.8) is 0 Å². The molecule has 0 fully saturated rings. The molecular formula is C26H24N4+2. The summed E-state index contributed by atoms with van der Waals surface area (Å²) in [4.78, 5) is 0. The Kier molecular flexibility index (Phi) is 4.96. The standard InChI is InChI=1S/C26H24N4/c1-3-7-25(8-4-1)29-17-15-27(21-29)19-23-11-13-24(14-12-23)20-28-16-18-30(22-28)26-9-5-2-6-10-26/h1-18,21-22H,19-20H2/q+2. The maximum Gasteiger partial charge on any atom is 0.249 e. The van der Waals surface area contributed by atoms with Crippen LogP contribution in [0.3, 0.4) is 0 Å². The molecule has 30 heavy (non-hydrogen) atoms. The second-order valence-electron chi connectivity index (χ2n) is 7.47. The molecule has 0 spiro atoms. The molecule has 0 saturated carbocycles. The Labute approximate surface area is 176 Å². The van der Waals surface area contributed by atoms with Crippen molar-refractivity contribution in [1.29, 1.82) is 0 Å². The fourth-order valence-corrected chi connectivity index (χ4v) is 3.65. The van der Waals surface area contributed by atoms with E-state index in [0.29, 0.717) is 0 Å². The van der Waals surface area contributed by atoms with Crippen LogP contribution in [0.5, 0.6) is 0 Å². The van der Waals surface area contributed by atoms with Crippen molar-refractivity contribution >= 4 is 0 Å². The van der Waals surface area contributed by atoms with Gasteiger partial charge in [-0.1, -0.05) is 60.7 Å². The lowest BCUT2D eigenvalue weighted by atomic mass is 10.1. The highest BCUT2D eigenvalue weighted by atomic mass is 15.1. The summed E-state index contributed by atoms with van der Waals surface area (Å²) >= 11 is 0. The third-order valence-electron chi connectivity index (χ3n) is 5.24. The number of rotatable bonds is 6. The van der Waals surface area contributed by atoms with Gasteiger partial charge in [-0.3, -0.25) is 0 Å². The molecule has 5 rings (SSSR count). The van der Waals surface area contributed by atoms with Crippen molar-refractivity contribution < 1.29 is 9.13 Å². The van der Waals surface area contributed by atoms with Crippen LogP contribution in [0.4, 0.5) is 0 Å². The molecule has 0 radical (unpaired) electrons. The predicted molar refractivity (Wildman–Crippen MR) is 117 cm³/mol. The highest BCUT2D eigenvalue weighted by molar-refractivity contribution is 5.31. The SMILES string of the molecule is c1ccc(-n2cc[n+](Cc3ccc(C[n+]4ccn(-c5ccccc5)c4)cc3)c2)cc1. The lowest BCUT2D eigenvalue weighted by Gasteiger charge is -2.01. The maximum absolute atomic E-state index is 2.22. The van der Waals surface area contributed by atoms with Crippen LogP contribution >= 0.6 is 0 Å². The molecule has 0 N–H and O–H groups in total. The summed E-state index contributed by atoms with van der Waals surface area (Å²) in [6.45, 7) is 1.72. The zero-order valence-corrected chi connectivity index (χ0v) is 16.8. The Hall–Kier alpha value is -3.92. The molecule has 0 aliphatic rings. The second-order valence-corrected chi connectivity index (χ2v) is 7.47. The lowest BCUT2D eigenvalue weighted by molar-refractivity contribution is -0.688. The normalized spacial score (nSPS) is 10.9. The molecular weight excluding hydrogens is 368 g/mol. The molecule has 5 aromatic rings. The highest BCUT2D eigenvalue weighted by Crippen LogP contribution is 2.08. The van der Waals surface area contributed by atoms with Crippen LogP contribution in [0.15, 0.2) is 122 Å². The number of para-hydroxylation sites is 2. The molecule has 2 heterocycles. The summed E-state index contributed by atoms with van der Waals surface area (Å²) in [5.41, 5.74) is 4.93. The van der Waals surface area contributed by atoms with Crippen LogP contribution in [0.2, 0.25) is 0 Å². The molecule has 0 aliphatic carbocycles. The van der Waals surface area contributed by atoms with E-state index in [9.17, 15) is 0 Å². The summed E-state index contributed by atoms with van der Waals surface area (Å²) < 4.78 is 8.69. The van der Waals surface area contributed by atoms with E-state index in [-0.39, 0.29) is 0 Å². The molecule has 146 valence electrons. The molecule has 0 unspecified atom stereocenters. The molecule has 0 bridgehead atoms. The first-order valence-electron chi connectivity index (χ1n) is 10.2. The molecule has 3 aromatic carbocycles. The quantitative estimate of drug-likeness (QED) is 0.390. The van der Waals surface area contributed by atoms with Gasteiger partial charge in [-0.25, -0.2) is 18.3 Å². The van der Waals surface area contributed by atoms with Gasteiger partial charge in [-0.05, 0) is 35.4 Å². The van der Waals surface area contributed by atoms with E-state index in [1.807, 2.05) is 12.1 Å². The molecule has 0 aliphatic heterocycles. The number of hydrogen-bond acceptors (Lipinski definition) is 0. The second kappa shape index (κ2) is 8.21. The van der Waals surface area contributed by atoms with Crippen LogP contribution < -0.4 is 9.13 Å². The third kappa shape index (κ3) is 4.08. The highest BCUT2D eigenvalue weighted by Gasteiger charge is 2.09. The Morgan fingerprint density at radius 1 is 0.500 bits per heavy atom. The van der Waals surface area contributed by atoms with Gasteiger partial charge in [0.15, 0.2) is 0 Å². The number of imidazole rings is 2. The van der Waals surface area contributed by atoms with Crippen LogP contribution in [0.25, 0.3) is 11.4 Å². The van der Waals surface area contributed by atoms with E-state index < -0.39 is 0 Å². The van der Waals surface area contributed by atoms with E-state index in [0.717, 1.165) is 13.1 Å². The van der Waals surface area contributed by atoms with Gasteiger partial charge in [-0.15, -0.1) is 0 Å². The average Bonchev–Trinajstić information content (AvgIpc) is 3.46. The number of hydrogen-bond donors (Lipinski definition) is 0. The summed E-state index contributed by atoms with van der Waals surface area (Å²) in [5, 5.41) is 0. The smallest absolute Gasteiger partial charge is 0.232 e. The van der Waals surface area contributed by atoms with Crippen molar-refractivity contribution in [2.45, 2.75) is 13.1 Å². The summed E-state index contributed by atoms with van der Waals surface area (Å²) in [5.74, 6) is 0. The Bertz CT molecular complexity index is 1120. The fraction of sp³-hybridized carbons (Fsp3) is 0.0769. The number of aromatic nitrogens is 4. The largest absolute Gasteiger partial charge is 0.249 e. The first-order chi connectivity index (χ1) is 14.8. The minimum absolute atomic E-state index is 0.859. The zero-order chi connectivity index (χ0) is 20.2. The van der Waals surface area contributed by atoms with Crippen molar-refractivity contribution in [2.24, 2.45) is 0 Å². The van der Waals surface area contributed by atoms with E-state index in [2.05, 4.69) is 129 Å². The van der Waals surface area contributed by atoms with Gasteiger partial charge in [-0.2, -0.15) is 0 Å². The van der Waals surface area contributed by atoms with Gasteiger partial charge in [0.2, 0.25) is 12.7 Å². The molecule has 0 atom stereocenters. The Morgan fingerprint density at radius 2 is 0.900 bits per heavy atom. The van der Waals surface area contributed by atoms with Crippen LogP contribution in [-0.2, 0) is 13.1 Å². The molecule has 2 aromatic heterocycles. The average molecular weight is 393 g/mol. The first kappa shape index (κ1) is 18.1. The van der Waals surface area contributed by atoms with Gasteiger partial charge >= 0.3 is 0 Å². The minimum Gasteiger partial charge on any atom is -0.232 e. The summed E-state index contributed by atoms with van der Waals surface area (Å²) in [6, 6.07) is 29.6. The molecule has 4 heteroatoms.